The molecule has 2 aliphatic rings. The summed E-state index contributed by atoms with van der Waals surface area (Å²) in [7, 11) is 1.61. The number of nitrogens with zero attached hydrogens (tertiary/aromatic N) is 4. The third-order valence-electron chi connectivity index (χ3n) is 5.25. The first-order valence-corrected chi connectivity index (χ1v) is 9.33. The van der Waals surface area contributed by atoms with Crippen LogP contribution in [0.5, 0.6) is 5.75 Å². The fourth-order valence-electron chi connectivity index (χ4n) is 3.76. The summed E-state index contributed by atoms with van der Waals surface area (Å²) in [5.74, 6) is 1.52. The SMILES string of the molecule is COc1ccc(C(=O)N2CCOC23CCN(c2ccc(Cl)nn2)CC3)cc1. The maximum atomic E-state index is 13.1. The van der Waals surface area contributed by atoms with Gasteiger partial charge < -0.3 is 19.3 Å². The number of amides is 1. The zero-order valence-corrected chi connectivity index (χ0v) is 15.9. The van der Waals surface area contributed by atoms with E-state index in [9.17, 15) is 4.79 Å². The van der Waals surface area contributed by atoms with E-state index >= 15 is 0 Å². The fourth-order valence-corrected chi connectivity index (χ4v) is 3.86. The van der Waals surface area contributed by atoms with Gasteiger partial charge in [0.05, 0.1) is 13.7 Å². The van der Waals surface area contributed by atoms with Crippen LogP contribution in [0.2, 0.25) is 5.15 Å². The Morgan fingerprint density at radius 1 is 1.11 bits per heavy atom. The molecule has 0 aliphatic carbocycles. The van der Waals surface area contributed by atoms with E-state index in [2.05, 4.69) is 15.1 Å². The largest absolute Gasteiger partial charge is 0.497 e. The van der Waals surface area contributed by atoms with Crippen molar-refractivity contribution < 1.29 is 14.3 Å². The van der Waals surface area contributed by atoms with Crippen molar-refractivity contribution in [2.45, 2.75) is 18.6 Å². The monoisotopic (exact) mass is 388 g/mol. The molecular weight excluding hydrogens is 368 g/mol. The molecule has 27 heavy (non-hydrogen) atoms. The first kappa shape index (κ1) is 18.0. The van der Waals surface area contributed by atoms with Gasteiger partial charge in [-0.05, 0) is 36.4 Å². The summed E-state index contributed by atoms with van der Waals surface area (Å²) < 4.78 is 11.3. The maximum Gasteiger partial charge on any atom is 0.256 e. The van der Waals surface area contributed by atoms with Crippen LogP contribution in [0.3, 0.4) is 0 Å². The predicted molar refractivity (Wildman–Crippen MR) is 101 cm³/mol. The number of carbonyl (C=O) groups is 1. The van der Waals surface area contributed by atoms with Gasteiger partial charge in [0, 0.05) is 38.0 Å². The van der Waals surface area contributed by atoms with Crippen molar-refractivity contribution in [3.63, 3.8) is 0 Å². The van der Waals surface area contributed by atoms with E-state index in [0.717, 1.165) is 37.5 Å². The summed E-state index contributed by atoms with van der Waals surface area (Å²) in [6, 6.07) is 10.8. The van der Waals surface area contributed by atoms with Crippen LogP contribution in [0, 0.1) is 0 Å². The van der Waals surface area contributed by atoms with Gasteiger partial charge in [0.25, 0.3) is 5.91 Å². The van der Waals surface area contributed by atoms with Crippen molar-refractivity contribution in [2.24, 2.45) is 0 Å². The van der Waals surface area contributed by atoms with Gasteiger partial charge in [-0.1, -0.05) is 11.6 Å². The fraction of sp³-hybridized carbons (Fsp3) is 0.421. The van der Waals surface area contributed by atoms with Gasteiger partial charge in [-0.3, -0.25) is 4.79 Å². The molecular formula is C19H21ClN4O3. The van der Waals surface area contributed by atoms with E-state index in [1.54, 1.807) is 37.4 Å². The first-order valence-electron chi connectivity index (χ1n) is 8.95. The minimum atomic E-state index is -0.548. The molecule has 2 saturated heterocycles. The molecule has 0 unspecified atom stereocenters. The van der Waals surface area contributed by atoms with E-state index in [-0.39, 0.29) is 5.91 Å². The van der Waals surface area contributed by atoms with Gasteiger partial charge in [-0.2, -0.15) is 0 Å². The summed E-state index contributed by atoms with van der Waals surface area (Å²) in [6.07, 6.45) is 1.44. The number of rotatable bonds is 3. The smallest absolute Gasteiger partial charge is 0.256 e. The molecule has 2 aromatic rings. The molecule has 4 rings (SSSR count). The first-order chi connectivity index (χ1) is 13.1. The van der Waals surface area contributed by atoms with Crippen LogP contribution < -0.4 is 9.64 Å². The zero-order chi connectivity index (χ0) is 18.9. The molecule has 1 aromatic carbocycles. The molecule has 0 saturated carbocycles. The Morgan fingerprint density at radius 3 is 2.48 bits per heavy atom. The third-order valence-corrected chi connectivity index (χ3v) is 5.45. The van der Waals surface area contributed by atoms with Crippen molar-refractivity contribution in [3.8, 4) is 5.75 Å². The summed E-state index contributed by atoms with van der Waals surface area (Å²) in [5.41, 5.74) is 0.0968. The van der Waals surface area contributed by atoms with Gasteiger partial charge in [-0.15, -0.1) is 10.2 Å². The highest BCUT2D eigenvalue weighted by atomic mass is 35.5. The number of aromatic nitrogens is 2. The standard InChI is InChI=1S/C19H21ClN4O3/c1-26-15-4-2-14(3-5-15)18(25)24-12-13-27-19(24)8-10-23(11-9-19)17-7-6-16(20)21-22-17/h2-7H,8-13H2,1H3. The van der Waals surface area contributed by atoms with Crippen LogP contribution in [0.4, 0.5) is 5.82 Å². The Balaban J connectivity index is 1.47. The zero-order valence-electron chi connectivity index (χ0n) is 15.1. The van der Waals surface area contributed by atoms with Crippen molar-refractivity contribution in [1.29, 1.82) is 0 Å². The van der Waals surface area contributed by atoms with Gasteiger partial charge in [-0.25, -0.2) is 0 Å². The lowest BCUT2D eigenvalue weighted by atomic mass is 9.98. The third kappa shape index (κ3) is 3.44. The quantitative estimate of drug-likeness (QED) is 0.805. The number of benzene rings is 1. The van der Waals surface area contributed by atoms with Gasteiger partial charge in [0.2, 0.25) is 0 Å². The van der Waals surface area contributed by atoms with E-state index in [1.807, 2.05) is 11.0 Å². The molecule has 0 bridgehead atoms. The maximum absolute atomic E-state index is 13.1. The molecule has 1 amide bonds. The number of piperidine rings is 1. The lowest BCUT2D eigenvalue weighted by Crippen LogP contribution is -2.55. The second-order valence-corrected chi connectivity index (χ2v) is 7.07. The Labute approximate surface area is 162 Å². The molecule has 2 aliphatic heterocycles. The van der Waals surface area contributed by atoms with E-state index in [4.69, 9.17) is 21.1 Å². The summed E-state index contributed by atoms with van der Waals surface area (Å²) in [5, 5.41) is 8.43. The van der Waals surface area contributed by atoms with Crippen LogP contribution in [0.25, 0.3) is 0 Å². The molecule has 3 heterocycles. The normalized spacial score (nSPS) is 18.7. The number of hydrogen-bond donors (Lipinski definition) is 0. The number of hydrogen-bond acceptors (Lipinski definition) is 6. The van der Waals surface area contributed by atoms with Crippen LogP contribution in [0.1, 0.15) is 23.2 Å². The summed E-state index contributed by atoms with van der Waals surface area (Å²) in [4.78, 5) is 17.1. The van der Waals surface area contributed by atoms with Crippen LogP contribution in [0.15, 0.2) is 36.4 Å². The number of methoxy groups -OCH3 is 1. The number of carbonyl (C=O) groups excluding carboxylic acids is 1. The Bertz CT molecular complexity index is 805. The molecule has 1 aromatic heterocycles. The Morgan fingerprint density at radius 2 is 1.85 bits per heavy atom. The van der Waals surface area contributed by atoms with Crippen LogP contribution in [-0.2, 0) is 4.74 Å². The highest BCUT2D eigenvalue weighted by molar-refractivity contribution is 6.29. The number of halogens is 1. The molecule has 7 nitrogen and oxygen atoms in total. The molecule has 0 radical (unpaired) electrons. The summed E-state index contributed by atoms with van der Waals surface area (Å²) >= 11 is 5.82. The van der Waals surface area contributed by atoms with Crippen molar-refractivity contribution in [2.75, 3.05) is 38.3 Å². The Kier molecular flexibility index (Phi) is 4.88. The lowest BCUT2D eigenvalue weighted by Gasteiger charge is -2.43. The van der Waals surface area contributed by atoms with Crippen molar-refractivity contribution in [1.82, 2.24) is 15.1 Å². The van der Waals surface area contributed by atoms with E-state index < -0.39 is 5.72 Å². The van der Waals surface area contributed by atoms with Gasteiger partial charge in [0.1, 0.15) is 11.5 Å². The van der Waals surface area contributed by atoms with Crippen molar-refractivity contribution >= 4 is 23.3 Å². The molecule has 0 atom stereocenters. The predicted octanol–water partition coefficient (Wildman–Crippen LogP) is 2.61. The summed E-state index contributed by atoms with van der Waals surface area (Å²) in [6.45, 7) is 2.64. The Hall–Kier alpha value is -2.38. The minimum Gasteiger partial charge on any atom is -0.497 e. The average molecular weight is 389 g/mol. The lowest BCUT2D eigenvalue weighted by molar-refractivity contribution is -0.0837. The van der Waals surface area contributed by atoms with Gasteiger partial charge in [0.15, 0.2) is 11.0 Å². The second-order valence-electron chi connectivity index (χ2n) is 6.68. The van der Waals surface area contributed by atoms with Crippen LogP contribution >= 0.6 is 11.6 Å². The van der Waals surface area contributed by atoms with E-state index in [0.29, 0.717) is 23.9 Å². The molecule has 1 spiro atoms. The molecule has 0 N–H and O–H groups in total. The molecule has 2 fully saturated rings. The molecule has 8 heteroatoms. The van der Waals surface area contributed by atoms with E-state index in [1.165, 1.54) is 0 Å². The topological polar surface area (TPSA) is 67.8 Å². The second kappa shape index (κ2) is 7.32. The number of ether oxygens (including phenoxy) is 2. The minimum absolute atomic E-state index is 0.00473. The molecule has 142 valence electrons. The highest BCUT2D eigenvalue weighted by Crippen LogP contribution is 2.36. The van der Waals surface area contributed by atoms with Crippen LogP contribution in [-0.4, -0.2) is 60.1 Å². The average Bonchev–Trinajstić information content (AvgIpc) is 3.12. The van der Waals surface area contributed by atoms with Gasteiger partial charge >= 0.3 is 0 Å². The highest BCUT2D eigenvalue weighted by Gasteiger charge is 2.47. The van der Waals surface area contributed by atoms with Crippen molar-refractivity contribution in [3.05, 3.63) is 47.1 Å². The number of anilines is 1.